The molecule has 0 radical (unpaired) electrons. The maximum atomic E-state index is 8.44. The van der Waals surface area contributed by atoms with E-state index in [4.69, 9.17) is 9.94 Å². The van der Waals surface area contributed by atoms with Crippen LogP contribution in [0.25, 0.3) is 0 Å². The molecule has 0 aliphatic carbocycles. The first-order valence-corrected chi connectivity index (χ1v) is 4.51. The Balaban J connectivity index is 2.71. The Labute approximate surface area is 84.0 Å². The van der Waals surface area contributed by atoms with Crippen molar-refractivity contribution >= 4 is 5.71 Å². The number of hydrogen-bond donors (Lipinski definition) is 1. The molecule has 3 nitrogen and oxygen atoms in total. The molecule has 0 atom stereocenters. The number of benzene rings is 1. The summed E-state index contributed by atoms with van der Waals surface area (Å²) in [6, 6.07) is 6.02. The summed E-state index contributed by atoms with van der Waals surface area (Å²) in [5, 5.41) is 11.5. The van der Waals surface area contributed by atoms with E-state index in [0.717, 1.165) is 16.9 Å². The van der Waals surface area contributed by atoms with Crippen molar-refractivity contribution in [2.75, 3.05) is 6.61 Å². The molecule has 1 rings (SSSR count). The molecule has 3 heteroatoms. The summed E-state index contributed by atoms with van der Waals surface area (Å²) in [6.45, 7) is 6.03. The van der Waals surface area contributed by atoms with Crippen molar-refractivity contribution in [1.82, 2.24) is 0 Å². The Morgan fingerprint density at radius 2 is 2.14 bits per heavy atom. The van der Waals surface area contributed by atoms with E-state index < -0.39 is 0 Å². The summed E-state index contributed by atoms with van der Waals surface area (Å²) in [4.78, 5) is 0. The molecule has 0 spiro atoms. The molecule has 0 unspecified atom stereocenters. The van der Waals surface area contributed by atoms with Crippen molar-refractivity contribution in [2.24, 2.45) is 5.16 Å². The van der Waals surface area contributed by atoms with Gasteiger partial charge >= 0.3 is 0 Å². The quantitative estimate of drug-likeness (QED) is 0.455. The molecule has 0 saturated heterocycles. The molecule has 0 bridgehead atoms. The van der Waals surface area contributed by atoms with E-state index >= 15 is 0 Å². The highest BCUT2D eigenvalue weighted by molar-refractivity contribution is 5.82. The van der Waals surface area contributed by atoms with Crippen LogP contribution in [-0.2, 0) is 0 Å². The maximum Gasteiger partial charge on any atom is 0.129 e. The van der Waals surface area contributed by atoms with Gasteiger partial charge in [-0.2, -0.15) is 0 Å². The Morgan fingerprint density at radius 1 is 1.43 bits per heavy atom. The van der Waals surface area contributed by atoms with Crippen molar-refractivity contribution in [1.29, 1.82) is 0 Å². The van der Waals surface area contributed by atoms with Crippen molar-refractivity contribution in [3.63, 3.8) is 0 Å². The monoisotopic (exact) mass is 193 g/mol. The third-order valence-corrected chi connectivity index (χ3v) is 1.95. The summed E-state index contributed by atoms with van der Waals surface area (Å²) in [5.41, 5.74) is 2.80. The first kappa shape index (κ1) is 10.6. The van der Waals surface area contributed by atoms with E-state index in [1.807, 2.05) is 32.0 Å². The molecular formula is C11H15NO2. The molecule has 1 aromatic carbocycles. The van der Waals surface area contributed by atoms with Crippen LogP contribution < -0.4 is 4.74 Å². The molecule has 14 heavy (non-hydrogen) atoms. The second-order valence-electron chi connectivity index (χ2n) is 3.39. The number of ether oxygens (including phenoxy) is 1. The summed E-state index contributed by atoms with van der Waals surface area (Å²) in [6.07, 6.45) is 0. The predicted molar refractivity (Wildman–Crippen MR) is 56.3 cm³/mol. The number of rotatable bonds is 3. The van der Waals surface area contributed by atoms with Crippen LogP contribution in [0.15, 0.2) is 23.4 Å². The van der Waals surface area contributed by atoms with Gasteiger partial charge in [0.25, 0.3) is 0 Å². The average molecular weight is 193 g/mol. The highest BCUT2D eigenvalue weighted by atomic mass is 16.5. The summed E-state index contributed by atoms with van der Waals surface area (Å²) in [7, 11) is 0. The van der Waals surface area contributed by atoms with Crippen LogP contribution in [-0.4, -0.2) is 17.5 Å². The highest BCUT2D eigenvalue weighted by Crippen LogP contribution is 2.18. The molecule has 0 aliphatic heterocycles. The van der Waals surface area contributed by atoms with Gasteiger partial charge in [-0.1, -0.05) is 17.3 Å². The molecule has 1 aromatic rings. The predicted octanol–water partition coefficient (Wildman–Crippen LogP) is 2.53. The minimum atomic E-state index is 0.320. The molecule has 0 amide bonds. The fraction of sp³-hybridized carbons (Fsp3) is 0.364. The molecule has 76 valence electrons. The van der Waals surface area contributed by atoms with Gasteiger partial charge in [-0.15, -0.1) is 0 Å². The van der Waals surface area contributed by atoms with Crippen molar-refractivity contribution in [3.05, 3.63) is 29.3 Å². The highest BCUT2D eigenvalue weighted by Gasteiger charge is 2.00. The van der Waals surface area contributed by atoms with E-state index in [1.165, 1.54) is 0 Å². The molecule has 1 N–H and O–H groups in total. The van der Waals surface area contributed by atoms with Crippen molar-refractivity contribution in [2.45, 2.75) is 20.8 Å². The van der Waals surface area contributed by atoms with Gasteiger partial charge in [-0.05, 0) is 38.0 Å². The molecule has 0 saturated carbocycles. The normalized spacial score (nSPS) is 11.5. The van der Waals surface area contributed by atoms with E-state index in [9.17, 15) is 0 Å². The number of oxime groups is 1. The van der Waals surface area contributed by atoms with Crippen molar-refractivity contribution < 1.29 is 9.94 Å². The summed E-state index contributed by atoms with van der Waals surface area (Å²) < 4.78 is 5.48. The van der Waals surface area contributed by atoms with Gasteiger partial charge < -0.3 is 9.94 Å². The zero-order chi connectivity index (χ0) is 10.6. The summed E-state index contributed by atoms with van der Waals surface area (Å²) in [5.74, 6) is 0.841. The molecule has 0 aromatic heterocycles. The van der Waals surface area contributed by atoms with Crippen LogP contribution in [0.4, 0.5) is 0 Å². The lowest BCUT2D eigenvalue weighted by molar-refractivity contribution is 0.306. The van der Waals surface area contributed by atoms with Crippen LogP contribution in [0.1, 0.15) is 18.1 Å². The Kier molecular flexibility index (Phi) is 3.51. The minimum Gasteiger partial charge on any atom is -0.487 e. The smallest absolute Gasteiger partial charge is 0.129 e. The van der Waals surface area contributed by atoms with Gasteiger partial charge in [0.1, 0.15) is 12.4 Å². The van der Waals surface area contributed by atoms with Crippen LogP contribution in [0, 0.1) is 13.8 Å². The standard InChI is InChI=1S/C11H15NO2/c1-8-4-5-9(2)11(6-8)14-7-10(3)12-13/h4-6,13H,7H2,1-3H3/b12-10+. The molecular weight excluding hydrogens is 178 g/mol. The van der Waals surface area contributed by atoms with E-state index in [2.05, 4.69) is 5.16 Å². The topological polar surface area (TPSA) is 41.8 Å². The first-order chi connectivity index (χ1) is 6.63. The Hall–Kier alpha value is -1.51. The summed E-state index contributed by atoms with van der Waals surface area (Å²) >= 11 is 0. The van der Waals surface area contributed by atoms with Gasteiger partial charge in [0.05, 0.1) is 5.71 Å². The zero-order valence-corrected chi connectivity index (χ0v) is 8.74. The fourth-order valence-electron chi connectivity index (χ4n) is 1.07. The average Bonchev–Trinajstić information content (AvgIpc) is 2.19. The van der Waals surface area contributed by atoms with Gasteiger partial charge in [0, 0.05) is 0 Å². The van der Waals surface area contributed by atoms with Gasteiger partial charge in [-0.25, -0.2) is 0 Å². The molecule has 0 fully saturated rings. The van der Waals surface area contributed by atoms with Crippen LogP contribution in [0.3, 0.4) is 0 Å². The largest absolute Gasteiger partial charge is 0.487 e. The lowest BCUT2D eigenvalue weighted by Crippen LogP contribution is -2.08. The van der Waals surface area contributed by atoms with Gasteiger partial charge in [-0.3, -0.25) is 0 Å². The first-order valence-electron chi connectivity index (χ1n) is 4.51. The molecule has 0 heterocycles. The third kappa shape index (κ3) is 2.76. The van der Waals surface area contributed by atoms with Crippen LogP contribution in [0.5, 0.6) is 5.75 Å². The Bertz CT molecular complexity index is 345. The van der Waals surface area contributed by atoms with E-state index in [-0.39, 0.29) is 0 Å². The second-order valence-corrected chi connectivity index (χ2v) is 3.39. The van der Waals surface area contributed by atoms with Crippen LogP contribution in [0.2, 0.25) is 0 Å². The Morgan fingerprint density at radius 3 is 2.79 bits per heavy atom. The van der Waals surface area contributed by atoms with E-state index in [1.54, 1.807) is 6.92 Å². The lowest BCUT2D eigenvalue weighted by atomic mass is 10.1. The fourth-order valence-corrected chi connectivity index (χ4v) is 1.07. The second kappa shape index (κ2) is 4.65. The molecule has 0 aliphatic rings. The SMILES string of the molecule is C/C(COc1cc(C)ccc1C)=N\O. The van der Waals surface area contributed by atoms with Gasteiger partial charge in [0.2, 0.25) is 0 Å². The van der Waals surface area contributed by atoms with Crippen molar-refractivity contribution in [3.8, 4) is 5.75 Å². The van der Waals surface area contributed by atoms with E-state index in [0.29, 0.717) is 12.3 Å². The van der Waals surface area contributed by atoms with Crippen LogP contribution >= 0.6 is 0 Å². The number of hydrogen-bond acceptors (Lipinski definition) is 3. The number of nitrogens with zero attached hydrogens (tertiary/aromatic N) is 1. The zero-order valence-electron chi connectivity index (χ0n) is 8.74. The minimum absolute atomic E-state index is 0.320. The third-order valence-electron chi connectivity index (χ3n) is 1.95. The lowest BCUT2D eigenvalue weighted by Gasteiger charge is -2.08. The maximum absolute atomic E-state index is 8.44. The number of aryl methyl sites for hydroxylation is 2. The van der Waals surface area contributed by atoms with Gasteiger partial charge in [0.15, 0.2) is 0 Å².